The predicted molar refractivity (Wildman–Crippen MR) is 128 cm³/mol. The molecule has 0 saturated carbocycles. The SMILES string of the molecule is O=C(Nc1cccc(-n2cncn2)c1)N1c2nc(-c3cccc(C(F)(F)F)c3)ccc2N2CC[C@H]1C2. The summed E-state index contributed by atoms with van der Waals surface area (Å²) in [5, 5.41) is 7.06. The number of hydrogen-bond acceptors (Lipinski definition) is 5. The smallest absolute Gasteiger partial charge is 0.366 e. The number of carbonyl (C=O) groups is 1. The maximum atomic E-state index is 13.5. The Balaban J connectivity index is 1.34. The number of alkyl halides is 3. The molecule has 11 heteroatoms. The minimum Gasteiger partial charge on any atom is -0.366 e. The zero-order chi connectivity index (χ0) is 24.9. The first-order chi connectivity index (χ1) is 17.4. The number of pyridine rings is 1. The van der Waals surface area contributed by atoms with Crippen LogP contribution in [0.4, 0.5) is 35.2 Å². The first-order valence-electron chi connectivity index (χ1n) is 11.4. The zero-order valence-electron chi connectivity index (χ0n) is 18.9. The minimum atomic E-state index is -4.46. The van der Waals surface area contributed by atoms with Crippen LogP contribution in [0, 0.1) is 0 Å². The topological polar surface area (TPSA) is 79.2 Å². The van der Waals surface area contributed by atoms with Crippen molar-refractivity contribution in [2.45, 2.75) is 18.6 Å². The van der Waals surface area contributed by atoms with Crippen LogP contribution in [0.3, 0.4) is 0 Å². The van der Waals surface area contributed by atoms with Crippen LogP contribution < -0.4 is 15.1 Å². The van der Waals surface area contributed by atoms with Crippen LogP contribution in [0.2, 0.25) is 0 Å². The lowest BCUT2D eigenvalue weighted by Crippen LogP contribution is -2.48. The van der Waals surface area contributed by atoms with Gasteiger partial charge in [-0.25, -0.2) is 19.4 Å². The van der Waals surface area contributed by atoms with Crippen LogP contribution in [-0.4, -0.2) is 44.9 Å². The lowest BCUT2D eigenvalue weighted by atomic mass is 10.1. The van der Waals surface area contributed by atoms with E-state index in [1.54, 1.807) is 46.2 Å². The third kappa shape index (κ3) is 3.92. The molecule has 0 radical (unpaired) electrons. The predicted octanol–water partition coefficient (Wildman–Crippen LogP) is 4.98. The molecule has 1 atom stereocenters. The highest BCUT2D eigenvalue weighted by atomic mass is 19.4. The maximum Gasteiger partial charge on any atom is 0.416 e. The van der Waals surface area contributed by atoms with Crippen LogP contribution in [0.1, 0.15) is 12.0 Å². The van der Waals surface area contributed by atoms with Crippen LogP contribution in [0.25, 0.3) is 16.9 Å². The molecule has 0 spiro atoms. The van der Waals surface area contributed by atoms with Crippen molar-refractivity contribution >= 4 is 23.2 Å². The molecule has 2 amide bonds. The number of rotatable bonds is 3. The van der Waals surface area contributed by atoms with E-state index < -0.39 is 11.7 Å². The third-order valence-corrected chi connectivity index (χ3v) is 6.44. The van der Waals surface area contributed by atoms with Gasteiger partial charge in [-0.05, 0) is 48.9 Å². The Hall–Kier alpha value is -4.41. The van der Waals surface area contributed by atoms with Gasteiger partial charge in [0.25, 0.3) is 0 Å². The van der Waals surface area contributed by atoms with Gasteiger partial charge >= 0.3 is 12.2 Å². The summed E-state index contributed by atoms with van der Waals surface area (Å²) in [5.41, 5.74) is 2.05. The number of hydrogen-bond donors (Lipinski definition) is 1. The molecule has 1 N–H and O–H groups in total. The minimum absolute atomic E-state index is 0.0970. The van der Waals surface area contributed by atoms with Crippen LogP contribution in [0.15, 0.2) is 73.3 Å². The monoisotopic (exact) mass is 491 g/mol. The molecule has 2 aliphatic rings. The van der Waals surface area contributed by atoms with Crippen molar-refractivity contribution in [2.75, 3.05) is 28.2 Å². The summed E-state index contributed by atoms with van der Waals surface area (Å²) >= 11 is 0. The number of aromatic nitrogens is 4. The number of benzene rings is 2. The van der Waals surface area contributed by atoms with Crippen LogP contribution >= 0.6 is 0 Å². The highest BCUT2D eigenvalue weighted by Crippen LogP contribution is 2.41. The number of nitrogens with one attached hydrogen (secondary N) is 1. The Bertz CT molecular complexity index is 1440. The molecule has 2 bridgehead atoms. The second-order valence-corrected chi connectivity index (χ2v) is 8.70. The van der Waals surface area contributed by atoms with Crippen molar-refractivity contribution in [3.8, 4) is 16.9 Å². The Kier molecular flexibility index (Phi) is 5.13. The molecule has 36 heavy (non-hydrogen) atoms. The Morgan fingerprint density at radius 2 is 1.92 bits per heavy atom. The summed E-state index contributed by atoms with van der Waals surface area (Å²) in [6.07, 6.45) is -0.701. The number of nitrogens with zero attached hydrogens (tertiary/aromatic N) is 6. The number of halogens is 3. The molecule has 2 aromatic heterocycles. The largest absolute Gasteiger partial charge is 0.416 e. The van der Waals surface area contributed by atoms with Gasteiger partial charge in [0.05, 0.1) is 28.7 Å². The molecule has 1 fully saturated rings. The quantitative estimate of drug-likeness (QED) is 0.437. The highest BCUT2D eigenvalue weighted by molar-refractivity contribution is 6.04. The van der Waals surface area contributed by atoms with E-state index >= 15 is 0 Å². The molecular weight excluding hydrogens is 471 g/mol. The second kappa shape index (κ2) is 8.36. The van der Waals surface area contributed by atoms with E-state index in [-0.39, 0.29) is 12.1 Å². The van der Waals surface area contributed by atoms with Crippen molar-refractivity contribution in [1.82, 2.24) is 19.7 Å². The standard InChI is InChI=1S/C25H20F3N7O/c26-25(27,28)17-4-1-3-16(11-17)21-7-8-22-23(32-21)35(20-9-10-33(22)13-20)24(36)31-18-5-2-6-19(12-18)34-15-29-14-30-34/h1-8,11-12,14-15,20H,9-10,13H2,(H,31,36)/t20-/m0/s1. The van der Waals surface area contributed by atoms with Gasteiger partial charge in [-0.15, -0.1) is 0 Å². The summed E-state index contributed by atoms with van der Waals surface area (Å²) < 4.78 is 41.4. The molecule has 6 rings (SSSR count). The molecule has 8 nitrogen and oxygen atoms in total. The highest BCUT2D eigenvalue weighted by Gasteiger charge is 2.40. The number of amides is 2. The fourth-order valence-electron chi connectivity index (χ4n) is 4.74. The van der Waals surface area contributed by atoms with Crippen molar-refractivity contribution in [1.29, 1.82) is 0 Å². The first kappa shape index (κ1) is 22.1. The number of anilines is 3. The molecule has 182 valence electrons. The van der Waals surface area contributed by atoms with Crippen molar-refractivity contribution < 1.29 is 18.0 Å². The Morgan fingerprint density at radius 3 is 2.72 bits per heavy atom. The van der Waals surface area contributed by atoms with E-state index in [4.69, 9.17) is 0 Å². The first-order valence-corrected chi connectivity index (χ1v) is 11.4. The summed E-state index contributed by atoms with van der Waals surface area (Å²) in [7, 11) is 0. The molecule has 4 aromatic rings. The van der Waals surface area contributed by atoms with Gasteiger partial charge in [0, 0.05) is 24.3 Å². The molecule has 1 saturated heterocycles. The number of urea groups is 1. The molecule has 4 heterocycles. The lowest BCUT2D eigenvalue weighted by Gasteiger charge is -2.36. The summed E-state index contributed by atoms with van der Waals surface area (Å²) in [5.74, 6) is 0.434. The van der Waals surface area contributed by atoms with Crippen LogP contribution in [0.5, 0.6) is 0 Å². The van der Waals surface area contributed by atoms with Gasteiger partial charge in [0.1, 0.15) is 12.7 Å². The fraction of sp³-hybridized carbons (Fsp3) is 0.200. The molecular formula is C25H20F3N7O. The summed E-state index contributed by atoms with van der Waals surface area (Å²) in [6.45, 7) is 1.44. The van der Waals surface area contributed by atoms with E-state index in [9.17, 15) is 18.0 Å². The number of fused-ring (bicyclic) bond motifs is 4. The maximum absolute atomic E-state index is 13.5. The summed E-state index contributed by atoms with van der Waals surface area (Å²) in [6, 6.07) is 15.3. The molecule has 0 unspecified atom stereocenters. The normalized spacial score (nSPS) is 16.7. The van der Waals surface area contributed by atoms with E-state index in [0.717, 1.165) is 36.5 Å². The van der Waals surface area contributed by atoms with Gasteiger partial charge < -0.3 is 10.2 Å². The van der Waals surface area contributed by atoms with Gasteiger partial charge in [0.2, 0.25) is 0 Å². The van der Waals surface area contributed by atoms with Crippen molar-refractivity contribution in [3.63, 3.8) is 0 Å². The van der Waals surface area contributed by atoms with Gasteiger partial charge in [0.15, 0.2) is 5.82 Å². The third-order valence-electron chi connectivity index (χ3n) is 6.44. The number of carbonyl (C=O) groups excluding carboxylic acids is 1. The molecule has 0 aliphatic carbocycles. The van der Waals surface area contributed by atoms with Gasteiger partial charge in [-0.1, -0.05) is 18.2 Å². The van der Waals surface area contributed by atoms with E-state index in [1.807, 2.05) is 12.1 Å². The lowest BCUT2D eigenvalue weighted by molar-refractivity contribution is -0.137. The van der Waals surface area contributed by atoms with Crippen LogP contribution in [-0.2, 0) is 6.18 Å². The average Bonchev–Trinajstić information content (AvgIpc) is 3.55. The Labute approximate surface area is 204 Å². The molecule has 2 aromatic carbocycles. The van der Waals surface area contributed by atoms with Gasteiger partial charge in [-0.2, -0.15) is 18.3 Å². The Morgan fingerprint density at radius 1 is 1.06 bits per heavy atom. The summed E-state index contributed by atoms with van der Waals surface area (Å²) in [4.78, 5) is 25.9. The zero-order valence-corrected chi connectivity index (χ0v) is 18.9. The van der Waals surface area contributed by atoms with E-state index in [2.05, 4.69) is 25.3 Å². The second-order valence-electron chi connectivity index (χ2n) is 8.70. The average molecular weight is 491 g/mol. The van der Waals surface area contributed by atoms with E-state index in [1.165, 1.54) is 12.4 Å². The fourth-order valence-corrected chi connectivity index (χ4v) is 4.74. The molecule has 2 aliphatic heterocycles. The van der Waals surface area contributed by atoms with Crippen molar-refractivity contribution in [2.24, 2.45) is 0 Å². The van der Waals surface area contributed by atoms with Crippen molar-refractivity contribution in [3.05, 3.63) is 78.9 Å². The van der Waals surface area contributed by atoms with E-state index in [0.29, 0.717) is 29.3 Å². The van der Waals surface area contributed by atoms with Gasteiger partial charge in [-0.3, -0.25) is 4.90 Å².